The quantitative estimate of drug-likeness (QED) is 0.374. The molecule has 42 heavy (non-hydrogen) atoms. The van der Waals surface area contributed by atoms with Crippen LogP contribution in [0.5, 0.6) is 5.75 Å². The van der Waals surface area contributed by atoms with E-state index in [0.29, 0.717) is 68.4 Å². The minimum atomic E-state index is -0.759. The van der Waals surface area contributed by atoms with E-state index >= 15 is 0 Å². The first-order chi connectivity index (χ1) is 20.5. The van der Waals surface area contributed by atoms with Crippen LogP contribution in [0, 0.1) is 0 Å². The Bertz CT molecular complexity index is 1470. The van der Waals surface area contributed by atoms with Crippen molar-refractivity contribution in [2.45, 2.75) is 44.9 Å². The van der Waals surface area contributed by atoms with Crippen LogP contribution in [0.3, 0.4) is 0 Å². The van der Waals surface area contributed by atoms with Gasteiger partial charge in [-0.1, -0.05) is 53.2 Å². The number of pyridine rings is 1. The van der Waals surface area contributed by atoms with E-state index in [1.807, 2.05) is 59.5 Å². The average Bonchev–Trinajstić information content (AvgIpc) is 3.45. The fourth-order valence-electron chi connectivity index (χ4n) is 4.82. The summed E-state index contributed by atoms with van der Waals surface area (Å²) in [6.07, 6.45) is 7.33. The fraction of sp³-hybridized carbons (Fsp3) is 0.323. The number of halogens is 1. The molecule has 10 nitrogen and oxygen atoms in total. The second kappa shape index (κ2) is 14.6. The molecule has 4 heterocycles. The molecule has 2 amide bonds. The van der Waals surface area contributed by atoms with E-state index in [-0.39, 0.29) is 11.8 Å². The number of hydrogen-bond acceptors (Lipinski definition) is 7. The smallest absolute Gasteiger partial charge is 0.251 e. The van der Waals surface area contributed by atoms with Gasteiger partial charge in [-0.05, 0) is 41.8 Å². The van der Waals surface area contributed by atoms with Gasteiger partial charge in [0.05, 0.1) is 17.3 Å². The number of ether oxygens (including phenoxy) is 1. The zero-order valence-electron chi connectivity index (χ0n) is 23.3. The van der Waals surface area contributed by atoms with Crippen molar-refractivity contribution in [3.8, 4) is 5.75 Å². The Kier molecular flexibility index (Phi) is 10.1. The normalized spacial score (nSPS) is 17.5. The second-order valence-corrected chi connectivity index (χ2v) is 10.7. The van der Waals surface area contributed by atoms with Crippen LogP contribution >= 0.6 is 11.6 Å². The van der Waals surface area contributed by atoms with Gasteiger partial charge in [0, 0.05) is 69.7 Å². The summed E-state index contributed by atoms with van der Waals surface area (Å²) >= 11 is 6.45. The molecule has 0 radical (unpaired) electrons. The third kappa shape index (κ3) is 8.37. The molecule has 2 aromatic heterocycles. The van der Waals surface area contributed by atoms with Gasteiger partial charge in [-0.3, -0.25) is 24.2 Å². The highest BCUT2D eigenvalue weighted by Crippen LogP contribution is 2.26. The lowest BCUT2D eigenvalue weighted by atomic mass is 10.0. The molecule has 2 aromatic carbocycles. The molecule has 2 aliphatic rings. The number of hydrogen-bond donors (Lipinski definition) is 2. The lowest BCUT2D eigenvalue weighted by molar-refractivity contribution is -0.123. The van der Waals surface area contributed by atoms with E-state index in [2.05, 4.69) is 30.8 Å². The zero-order valence-corrected chi connectivity index (χ0v) is 24.0. The molecule has 4 bridgehead atoms. The Morgan fingerprint density at radius 2 is 1.86 bits per heavy atom. The highest BCUT2D eigenvalue weighted by Gasteiger charge is 2.22. The van der Waals surface area contributed by atoms with E-state index < -0.39 is 6.04 Å². The van der Waals surface area contributed by atoms with Gasteiger partial charge < -0.3 is 15.4 Å². The number of carbonyl (C=O) groups excluding carboxylic acids is 2. The first-order valence-electron chi connectivity index (χ1n) is 14.1. The number of aromatic nitrogens is 4. The summed E-state index contributed by atoms with van der Waals surface area (Å²) < 4.78 is 7.68. The monoisotopic (exact) mass is 587 g/mol. The highest BCUT2D eigenvalue weighted by molar-refractivity contribution is 6.32. The molecule has 4 aromatic rings. The summed E-state index contributed by atoms with van der Waals surface area (Å²) in [4.78, 5) is 33.0. The maximum absolute atomic E-state index is 13.3. The molecule has 11 heteroatoms. The van der Waals surface area contributed by atoms with Crippen molar-refractivity contribution >= 4 is 23.4 Å². The van der Waals surface area contributed by atoms with Crippen molar-refractivity contribution in [3.63, 3.8) is 0 Å². The summed E-state index contributed by atoms with van der Waals surface area (Å²) in [6.45, 7) is 3.53. The topological polar surface area (TPSA) is 114 Å². The molecule has 0 saturated heterocycles. The highest BCUT2D eigenvalue weighted by atomic mass is 35.5. The van der Waals surface area contributed by atoms with Gasteiger partial charge in [0.15, 0.2) is 0 Å². The lowest BCUT2D eigenvalue weighted by Gasteiger charge is -2.22. The predicted octanol–water partition coefficient (Wildman–Crippen LogP) is 3.66. The third-order valence-corrected chi connectivity index (χ3v) is 7.23. The number of carbonyl (C=O) groups is 2. The van der Waals surface area contributed by atoms with Crippen molar-refractivity contribution in [3.05, 3.63) is 107 Å². The Morgan fingerprint density at radius 3 is 2.67 bits per heavy atom. The van der Waals surface area contributed by atoms with Crippen LogP contribution in [0.1, 0.15) is 40.0 Å². The van der Waals surface area contributed by atoms with E-state index in [4.69, 9.17) is 16.3 Å². The number of benzene rings is 2. The molecule has 0 spiro atoms. The number of amides is 2. The van der Waals surface area contributed by atoms with Crippen molar-refractivity contribution in [1.29, 1.82) is 0 Å². The maximum Gasteiger partial charge on any atom is 0.251 e. The van der Waals surface area contributed by atoms with Crippen molar-refractivity contribution in [2.75, 3.05) is 19.7 Å². The molecule has 6 rings (SSSR count). The average molecular weight is 588 g/mol. The van der Waals surface area contributed by atoms with Gasteiger partial charge in [-0.15, -0.1) is 5.10 Å². The van der Waals surface area contributed by atoms with Crippen LogP contribution in [-0.4, -0.2) is 62.4 Å². The van der Waals surface area contributed by atoms with Gasteiger partial charge in [-0.2, -0.15) is 0 Å². The Balaban J connectivity index is 1.34. The summed E-state index contributed by atoms with van der Waals surface area (Å²) in [5.41, 5.74) is 3.25. The van der Waals surface area contributed by atoms with Crippen LogP contribution in [0.15, 0.2) is 79.3 Å². The second-order valence-electron chi connectivity index (χ2n) is 10.3. The van der Waals surface area contributed by atoms with Crippen LogP contribution < -0.4 is 15.4 Å². The molecule has 2 N–H and O–H groups in total. The molecule has 0 saturated carbocycles. The number of nitrogens with zero attached hydrogens (tertiary/aromatic N) is 5. The van der Waals surface area contributed by atoms with E-state index in [9.17, 15) is 9.59 Å². The van der Waals surface area contributed by atoms with Gasteiger partial charge in [0.1, 0.15) is 11.8 Å². The summed E-state index contributed by atoms with van der Waals surface area (Å²) in [5, 5.41) is 14.9. The van der Waals surface area contributed by atoms with Crippen LogP contribution in [0.25, 0.3) is 0 Å². The standard InChI is InChI=1S/C31H34ClN7O3/c32-27-18-25-10-11-29(27)42-16-6-15-39-22-26(36-37-39)21-38(20-24-9-4-12-33-19-24)14-5-13-34-31(41)28(35-30(25)40)17-23-7-2-1-3-8-23/h1-4,7-12,18-19,22,28H,5-6,13-17,20-21H2,(H,34,41)(H,35,40)/t28-/m0/s1. The fourth-order valence-corrected chi connectivity index (χ4v) is 5.05. The summed E-state index contributed by atoms with van der Waals surface area (Å²) in [7, 11) is 0. The number of aryl methyl sites for hydroxylation is 1. The molecular weight excluding hydrogens is 554 g/mol. The molecule has 0 aliphatic carbocycles. The molecule has 218 valence electrons. The number of fused-ring (bicyclic) bond motifs is 14. The van der Waals surface area contributed by atoms with Gasteiger partial charge in [-0.25, -0.2) is 0 Å². The van der Waals surface area contributed by atoms with Crippen molar-refractivity contribution in [2.24, 2.45) is 0 Å². The SMILES string of the molecule is O=C1N[C@@H](Cc2ccccc2)C(=O)NCCCN(Cc2cccnc2)Cc2cn(nn2)CCCOc2ccc1cc2Cl. The Labute approximate surface area is 250 Å². The van der Waals surface area contributed by atoms with E-state index in [0.717, 1.165) is 23.4 Å². The van der Waals surface area contributed by atoms with Gasteiger partial charge >= 0.3 is 0 Å². The molecular formula is C31H34ClN7O3. The summed E-state index contributed by atoms with van der Waals surface area (Å²) in [5.74, 6) is -0.135. The number of nitrogens with one attached hydrogen (secondary N) is 2. The van der Waals surface area contributed by atoms with Crippen LogP contribution in [0.4, 0.5) is 0 Å². The first kappa shape index (κ1) is 29.2. The largest absolute Gasteiger partial charge is 0.492 e. The first-order valence-corrected chi connectivity index (χ1v) is 14.5. The minimum absolute atomic E-state index is 0.245. The van der Waals surface area contributed by atoms with Gasteiger partial charge in [0.25, 0.3) is 5.91 Å². The Morgan fingerprint density at radius 1 is 1.00 bits per heavy atom. The molecule has 0 fully saturated rings. The zero-order chi connectivity index (χ0) is 29.1. The van der Waals surface area contributed by atoms with E-state index in [1.165, 1.54) is 0 Å². The molecule has 2 aliphatic heterocycles. The summed E-state index contributed by atoms with van der Waals surface area (Å²) in [6, 6.07) is 17.7. The van der Waals surface area contributed by atoms with Crippen molar-refractivity contribution in [1.82, 2.24) is 35.5 Å². The van der Waals surface area contributed by atoms with Crippen molar-refractivity contribution < 1.29 is 14.3 Å². The van der Waals surface area contributed by atoms with E-state index in [1.54, 1.807) is 24.4 Å². The van der Waals surface area contributed by atoms with Gasteiger partial charge in [0.2, 0.25) is 5.91 Å². The third-order valence-electron chi connectivity index (χ3n) is 6.94. The molecule has 1 atom stereocenters. The lowest BCUT2D eigenvalue weighted by Crippen LogP contribution is -2.48. The number of rotatable bonds is 4. The van der Waals surface area contributed by atoms with Crippen LogP contribution in [-0.2, 0) is 30.8 Å². The maximum atomic E-state index is 13.3. The minimum Gasteiger partial charge on any atom is -0.492 e. The molecule has 0 unspecified atom stereocenters. The Hall–Kier alpha value is -4.28. The van der Waals surface area contributed by atoms with Crippen LogP contribution in [0.2, 0.25) is 5.02 Å². The predicted molar refractivity (Wildman–Crippen MR) is 159 cm³/mol.